The lowest BCUT2D eigenvalue weighted by Crippen LogP contribution is -2.38. The van der Waals surface area contributed by atoms with Crippen LogP contribution in [0.25, 0.3) is 0 Å². The molecule has 0 radical (unpaired) electrons. The largest absolute Gasteiger partial charge is 0.360 e. The Bertz CT molecular complexity index is 756. The number of piperidine rings is 1. The molecule has 24 heavy (non-hydrogen) atoms. The molecule has 0 amide bonds. The van der Waals surface area contributed by atoms with Gasteiger partial charge >= 0.3 is 0 Å². The molecule has 1 aromatic carbocycles. The number of sulfonamides is 1. The molecule has 0 bridgehead atoms. The van der Waals surface area contributed by atoms with Crippen LogP contribution >= 0.6 is 0 Å². The molecule has 2 aromatic rings. The molecule has 1 aliphatic rings. The first kappa shape index (κ1) is 17.2. The van der Waals surface area contributed by atoms with Crippen molar-refractivity contribution in [2.24, 2.45) is 5.92 Å². The van der Waals surface area contributed by atoms with E-state index in [9.17, 15) is 8.42 Å². The van der Waals surface area contributed by atoms with Crippen LogP contribution in [0.3, 0.4) is 0 Å². The monoisotopic (exact) mass is 348 g/mol. The fourth-order valence-corrected chi connectivity index (χ4v) is 5.19. The molecule has 0 spiro atoms. The van der Waals surface area contributed by atoms with Crippen LogP contribution in [-0.4, -0.2) is 31.0 Å². The molecule has 5 nitrogen and oxygen atoms in total. The van der Waals surface area contributed by atoms with Gasteiger partial charge in [0, 0.05) is 13.1 Å². The summed E-state index contributed by atoms with van der Waals surface area (Å²) in [5.41, 5.74) is 1.79. The van der Waals surface area contributed by atoms with E-state index in [1.54, 1.807) is 18.2 Å². The van der Waals surface area contributed by atoms with Crippen molar-refractivity contribution in [2.45, 2.75) is 44.4 Å². The van der Waals surface area contributed by atoms with Gasteiger partial charge in [0.25, 0.3) is 0 Å². The first-order valence-corrected chi connectivity index (χ1v) is 9.89. The van der Waals surface area contributed by atoms with Gasteiger partial charge in [0.2, 0.25) is 10.0 Å². The summed E-state index contributed by atoms with van der Waals surface area (Å²) in [4.78, 5) is 0.241. The minimum absolute atomic E-state index is 0.241. The van der Waals surface area contributed by atoms with Crippen molar-refractivity contribution in [1.82, 2.24) is 9.46 Å². The number of benzene rings is 1. The third-order valence-corrected chi connectivity index (χ3v) is 6.97. The highest BCUT2D eigenvalue weighted by Crippen LogP contribution is 2.29. The van der Waals surface area contributed by atoms with E-state index in [4.69, 9.17) is 4.52 Å². The van der Waals surface area contributed by atoms with Gasteiger partial charge in [-0.3, -0.25) is 0 Å². The molecule has 2 heterocycles. The number of aromatic nitrogens is 1. The predicted molar refractivity (Wildman–Crippen MR) is 92.2 cm³/mol. The number of aryl methyl sites for hydroxylation is 3. The summed E-state index contributed by atoms with van der Waals surface area (Å²) in [5.74, 6) is 0.958. The van der Waals surface area contributed by atoms with Crippen LogP contribution in [-0.2, 0) is 16.4 Å². The van der Waals surface area contributed by atoms with Gasteiger partial charge in [-0.2, -0.15) is 4.31 Å². The van der Waals surface area contributed by atoms with Gasteiger partial charge in [0.05, 0.1) is 0 Å². The van der Waals surface area contributed by atoms with Crippen LogP contribution in [0.4, 0.5) is 0 Å². The van der Waals surface area contributed by atoms with Crippen LogP contribution in [0.5, 0.6) is 0 Å². The van der Waals surface area contributed by atoms with Crippen LogP contribution < -0.4 is 0 Å². The van der Waals surface area contributed by atoms with Crippen LogP contribution in [0.1, 0.15) is 36.3 Å². The van der Waals surface area contributed by atoms with Crippen LogP contribution in [0.2, 0.25) is 0 Å². The third kappa shape index (κ3) is 3.54. The Morgan fingerprint density at radius 2 is 1.83 bits per heavy atom. The molecule has 0 N–H and O–H groups in total. The molecule has 1 aromatic heterocycles. The summed E-state index contributed by atoms with van der Waals surface area (Å²) in [5, 5.41) is 3.77. The second-order valence-electron chi connectivity index (χ2n) is 6.53. The number of hydrogen-bond acceptors (Lipinski definition) is 4. The Labute approximate surface area is 143 Å². The Kier molecular flexibility index (Phi) is 5.06. The molecule has 0 aliphatic carbocycles. The van der Waals surface area contributed by atoms with Crippen LogP contribution in [0.15, 0.2) is 39.8 Å². The summed E-state index contributed by atoms with van der Waals surface area (Å²) in [6, 6.07) is 10.5. The SMILES string of the molecule is Cc1noc(C)c1S(=O)(=O)N1CCC(CCc2ccccc2)CC1. The van der Waals surface area contributed by atoms with E-state index in [0.717, 1.165) is 25.7 Å². The molecular weight excluding hydrogens is 324 g/mol. The van der Waals surface area contributed by atoms with Crippen molar-refractivity contribution in [3.05, 3.63) is 47.3 Å². The molecule has 1 saturated heterocycles. The van der Waals surface area contributed by atoms with Gasteiger partial charge in [0.1, 0.15) is 10.6 Å². The Morgan fingerprint density at radius 1 is 1.17 bits per heavy atom. The van der Waals surface area contributed by atoms with Crippen molar-refractivity contribution < 1.29 is 12.9 Å². The highest BCUT2D eigenvalue weighted by molar-refractivity contribution is 7.89. The van der Waals surface area contributed by atoms with Gasteiger partial charge in [-0.15, -0.1) is 0 Å². The van der Waals surface area contributed by atoms with E-state index in [0.29, 0.717) is 30.5 Å². The minimum Gasteiger partial charge on any atom is -0.360 e. The van der Waals surface area contributed by atoms with Crippen LogP contribution in [0, 0.1) is 19.8 Å². The first-order chi connectivity index (χ1) is 11.5. The first-order valence-electron chi connectivity index (χ1n) is 8.45. The fraction of sp³-hybridized carbons (Fsp3) is 0.500. The van der Waals surface area contributed by atoms with Gasteiger partial charge in [-0.1, -0.05) is 35.5 Å². The van der Waals surface area contributed by atoms with E-state index in [-0.39, 0.29) is 4.90 Å². The standard InChI is InChI=1S/C18H24N2O3S/c1-14-18(15(2)23-19-14)24(21,22)20-12-10-17(11-13-20)9-8-16-6-4-3-5-7-16/h3-7,17H,8-13H2,1-2H3. The Hall–Kier alpha value is -1.66. The summed E-state index contributed by atoms with van der Waals surface area (Å²) in [7, 11) is -3.49. The van der Waals surface area contributed by atoms with E-state index in [1.807, 2.05) is 6.07 Å². The zero-order valence-electron chi connectivity index (χ0n) is 14.2. The average molecular weight is 348 g/mol. The molecule has 0 unspecified atom stereocenters. The van der Waals surface area contributed by atoms with Crippen molar-refractivity contribution >= 4 is 10.0 Å². The zero-order chi connectivity index (χ0) is 17.2. The van der Waals surface area contributed by atoms with Crippen molar-refractivity contribution in [3.8, 4) is 0 Å². The van der Waals surface area contributed by atoms with Gasteiger partial charge in [-0.25, -0.2) is 8.42 Å². The Balaban J connectivity index is 1.59. The number of rotatable bonds is 5. The lowest BCUT2D eigenvalue weighted by Gasteiger charge is -2.31. The second-order valence-corrected chi connectivity index (χ2v) is 8.40. The molecule has 1 fully saturated rings. The van der Waals surface area contributed by atoms with Crippen molar-refractivity contribution in [1.29, 1.82) is 0 Å². The summed E-state index contributed by atoms with van der Waals surface area (Å²) >= 11 is 0. The summed E-state index contributed by atoms with van der Waals surface area (Å²) in [6.45, 7) is 4.48. The average Bonchev–Trinajstić information content (AvgIpc) is 2.93. The highest BCUT2D eigenvalue weighted by atomic mass is 32.2. The highest BCUT2D eigenvalue weighted by Gasteiger charge is 2.33. The maximum absolute atomic E-state index is 12.8. The lowest BCUT2D eigenvalue weighted by atomic mass is 9.91. The van der Waals surface area contributed by atoms with E-state index < -0.39 is 10.0 Å². The molecule has 3 rings (SSSR count). The maximum atomic E-state index is 12.8. The molecule has 0 atom stereocenters. The zero-order valence-corrected chi connectivity index (χ0v) is 15.1. The normalized spacial score (nSPS) is 17.2. The van der Waals surface area contributed by atoms with E-state index in [2.05, 4.69) is 29.4 Å². The minimum atomic E-state index is -3.49. The lowest BCUT2D eigenvalue weighted by molar-refractivity contribution is 0.263. The Morgan fingerprint density at radius 3 is 2.42 bits per heavy atom. The number of hydrogen-bond donors (Lipinski definition) is 0. The summed E-state index contributed by atoms with van der Waals surface area (Å²) < 4.78 is 32.2. The number of nitrogens with zero attached hydrogens (tertiary/aromatic N) is 2. The molecule has 1 aliphatic heterocycles. The quantitative estimate of drug-likeness (QED) is 0.831. The predicted octanol–water partition coefficient (Wildman–Crippen LogP) is 3.32. The molecule has 0 saturated carbocycles. The van der Waals surface area contributed by atoms with E-state index >= 15 is 0 Å². The van der Waals surface area contributed by atoms with Gasteiger partial charge in [-0.05, 0) is 51.0 Å². The second kappa shape index (κ2) is 7.07. The van der Waals surface area contributed by atoms with E-state index in [1.165, 1.54) is 5.56 Å². The third-order valence-electron chi connectivity index (χ3n) is 4.82. The van der Waals surface area contributed by atoms with Crippen molar-refractivity contribution in [2.75, 3.05) is 13.1 Å². The molecule has 130 valence electrons. The maximum Gasteiger partial charge on any atom is 0.248 e. The van der Waals surface area contributed by atoms with Gasteiger partial charge < -0.3 is 4.52 Å². The fourth-order valence-electron chi connectivity index (χ4n) is 3.43. The van der Waals surface area contributed by atoms with Gasteiger partial charge in [0.15, 0.2) is 5.76 Å². The van der Waals surface area contributed by atoms with Crippen molar-refractivity contribution in [3.63, 3.8) is 0 Å². The summed E-state index contributed by atoms with van der Waals surface area (Å²) in [6.07, 6.45) is 4.00. The smallest absolute Gasteiger partial charge is 0.248 e. The molecule has 6 heteroatoms. The topological polar surface area (TPSA) is 63.4 Å². The molecular formula is C18H24N2O3S.